The second-order valence-electron chi connectivity index (χ2n) is 6.62. The van der Waals surface area contributed by atoms with E-state index in [4.69, 9.17) is 17.3 Å². The molecule has 2 rings (SSSR count). The van der Waals surface area contributed by atoms with Crippen LogP contribution in [0.4, 0.5) is 4.39 Å². The molecular weight excluding hydrogens is 289 g/mol. The predicted molar refractivity (Wildman–Crippen MR) is 86.1 cm³/mol. The fraction of sp³-hybridized carbons (Fsp3) is 0.625. The molecule has 0 aromatic heterocycles. The summed E-state index contributed by atoms with van der Waals surface area (Å²) in [6, 6.07) is 5.01. The lowest BCUT2D eigenvalue weighted by Crippen LogP contribution is -2.54. The minimum absolute atomic E-state index is 0.102. The van der Waals surface area contributed by atoms with E-state index >= 15 is 0 Å². The summed E-state index contributed by atoms with van der Waals surface area (Å²) in [5.41, 5.74) is 7.14. The third-order valence-electron chi connectivity index (χ3n) is 4.26. The van der Waals surface area contributed by atoms with Crippen molar-refractivity contribution < 1.29 is 4.39 Å². The Kier molecular flexibility index (Phi) is 5.25. The van der Waals surface area contributed by atoms with Crippen molar-refractivity contribution in [3.05, 3.63) is 34.6 Å². The van der Waals surface area contributed by atoms with Gasteiger partial charge in [-0.2, -0.15) is 0 Å². The first kappa shape index (κ1) is 16.7. The molecule has 0 aliphatic carbocycles. The standard InChI is InChI=1S/C16H25ClFN3/c1-16(2,3)21-8-6-20(7-9-21)15(11-19)12-4-5-14(18)13(17)10-12/h4-5,10,15H,6-9,11,19H2,1-3H3. The number of piperazine rings is 1. The van der Waals surface area contributed by atoms with Gasteiger partial charge in [0, 0.05) is 44.3 Å². The Morgan fingerprint density at radius 2 is 1.86 bits per heavy atom. The van der Waals surface area contributed by atoms with Crippen LogP contribution in [0.2, 0.25) is 5.02 Å². The highest BCUT2D eigenvalue weighted by molar-refractivity contribution is 6.30. The van der Waals surface area contributed by atoms with E-state index in [2.05, 4.69) is 30.6 Å². The van der Waals surface area contributed by atoms with Crippen LogP contribution in [-0.2, 0) is 0 Å². The highest BCUT2D eigenvalue weighted by Gasteiger charge is 2.29. The van der Waals surface area contributed by atoms with Gasteiger partial charge in [-0.15, -0.1) is 0 Å². The van der Waals surface area contributed by atoms with Gasteiger partial charge < -0.3 is 5.73 Å². The van der Waals surface area contributed by atoms with Crippen molar-refractivity contribution in [2.24, 2.45) is 5.73 Å². The largest absolute Gasteiger partial charge is 0.329 e. The van der Waals surface area contributed by atoms with Gasteiger partial charge in [-0.05, 0) is 38.5 Å². The Morgan fingerprint density at radius 1 is 1.24 bits per heavy atom. The molecule has 1 aliphatic rings. The zero-order valence-corrected chi connectivity index (χ0v) is 13.8. The zero-order valence-electron chi connectivity index (χ0n) is 13.1. The molecule has 5 heteroatoms. The quantitative estimate of drug-likeness (QED) is 0.931. The Balaban J connectivity index is 2.07. The van der Waals surface area contributed by atoms with E-state index in [1.165, 1.54) is 6.07 Å². The second kappa shape index (κ2) is 6.61. The summed E-state index contributed by atoms with van der Waals surface area (Å²) >= 11 is 5.89. The molecule has 1 heterocycles. The zero-order chi connectivity index (χ0) is 15.6. The number of hydrogen-bond acceptors (Lipinski definition) is 3. The molecule has 118 valence electrons. The maximum absolute atomic E-state index is 13.3. The van der Waals surface area contributed by atoms with E-state index in [0.29, 0.717) is 6.54 Å². The molecule has 0 bridgehead atoms. The molecule has 0 radical (unpaired) electrons. The number of rotatable bonds is 3. The van der Waals surface area contributed by atoms with E-state index in [1.807, 2.05) is 0 Å². The SMILES string of the molecule is CC(C)(C)N1CCN(C(CN)c2ccc(F)c(Cl)c2)CC1. The van der Waals surface area contributed by atoms with Gasteiger partial charge in [-0.3, -0.25) is 9.80 Å². The first-order valence-electron chi connectivity index (χ1n) is 7.47. The van der Waals surface area contributed by atoms with E-state index in [0.717, 1.165) is 31.7 Å². The Morgan fingerprint density at radius 3 is 2.33 bits per heavy atom. The van der Waals surface area contributed by atoms with E-state index in [1.54, 1.807) is 12.1 Å². The van der Waals surface area contributed by atoms with Crippen molar-refractivity contribution in [3.8, 4) is 0 Å². The molecule has 1 atom stereocenters. The fourth-order valence-electron chi connectivity index (χ4n) is 2.92. The summed E-state index contributed by atoms with van der Waals surface area (Å²) in [6.07, 6.45) is 0. The number of halogens is 2. The van der Waals surface area contributed by atoms with Gasteiger partial charge in [0.05, 0.1) is 5.02 Å². The van der Waals surface area contributed by atoms with Gasteiger partial charge in [0.15, 0.2) is 0 Å². The van der Waals surface area contributed by atoms with Crippen LogP contribution in [-0.4, -0.2) is 48.1 Å². The molecule has 1 aromatic rings. The van der Waals surface area contributed by atoms with Crippen LogP contribution in [0.25, 0.3) is 0 Å². The third kappa shape index (κ3) is 3.95. The summed E-state index contributed by atoms with van der Waals surface area (Å²) in [6.45, 7) is 11.2. The highest BCUT2D eigenvalue weighted by atomic mass is 35.5. The van der Waals surface area contributed by atoms with Gasteiger partial charge in [-0.1, -0.05) is 17.7 Å². The van der Waals surface area contributed by atoms with Crippen LogP contribution in [0.1, 0.15) is 32.4 Å². The molecule has 1 aliphatic heterocycles. The maximum atomic E-state index is 13.3. The predicted octanol–water partition coefficient (Wildman–Crippen LogP) is 2.90. The van der Waals surface area contributed by atoms with Crippen molar-refractivity contribution in [3.63, 3.8) is 0 Å². The first-order chi connectivity index (χ1) is 9.82. The summed E-state index contributed by atoms with van der Waals surface area (Å²) in [5, 5.41) is 0.166. The summed E-state index contributed by atoms with van der Waals surface area (Å²) in [7, 11) is 0. The third-order valence-corrected chi connectivity index (χ3v) is 4.55. The molecule has 1 aromatic carbocycles. The summed E-state index contributed by atoms with van der Waals surface area (Å²) < 4.78 is 13.3. The van der Waals surface area contributed by atoms with Crippen LogP contribution in [0.5, 0.6) is 0 Å². The van der Waals surface area contributed by atoms with Crippen LogP contribution >= 0.6 is 11.6 Å². The number of benzene rings is 1. The van der Waals surface area contributed by atoms with E-state index in [-0.39, 0.29) is 22.4 Å². The summed E-state index contributed by atoms with van der Waals surface area (Å²) in [5.74, 6) is -0.381. The fourth-order valence-corrected chi connectivity index (χ4v) is 3.11. The first-order valence-corrected chi connectivity index (χ1v) is 7.85. The molecule has 1 unspecified atom stereocenters. The van der Waals surface area contributed by atoms with Crippen molar-refractivity contribution in [2.45, 2.75) is 32.4 Å². The molecule has 0 saturated carbocycles. The normalized spacial score (nSPS) is 19.7. The van der Waals surface area contributed by atoms with Gasteiger partial charge in [0.2, 0.25) is 0 Å². The van der Waals surface area contributed by atoms with Gasteiger partial charge in [0.1, 0.15) is 5.82 Å². The maximum Gasteiger partial charge on any atom is 0.141 e. The van der Waals surface area contributed by atoms with Gasteiger partial charge >= 0.3 is 0 Å². The van der Waals surface area contributed by atoms with Crippen molar-refractivity contribution >= 4 is 11.6 Å². The molecule has 0 amide bonds. The highest BCUT2D eigenvalue weighted by Crippen LogP contribution is 2.26. The molecule has 3 nitrogen and oxygen atoms in total. The van der Waals surface area contributed by atoms with Crippen molar-refractivity contribution in [2.75, 3.05) is 32.7 Å². The van der Waals surface area contributed by atoms with E-state index in [9.17, 15) is 4.39 Å². The summed E-state index contributed by atoms with van der Waals surface area (Å²) in [4.78, 5) is 4.85. The smallest absolute Gasteiger partial charge is 0.141 e. The Labute approximate surface area is 131 Å². The Bertz CT molecular complexity index is 479. The minimum Gasteiger partial charge on any atom is -0.329 e. The minimum atomic E-state index is -0.381. The van der Waals surface area contributed by atoms with Gasteiger partial charge in [0.25, 0.3) is 0 Å². The lowest BCUT2D eigenvalue weighted by atomic mass is 10.0. The number of nitrogens with two attached hydrogens (primary N) is 1. The molecule has 1 saturated heterocycles. The molecular formula is C16H25ClFN3. The molecule has 2 N–H and O–H groups in total. The van der Waals surface area contributed by atoms with Crippen molar-refractivity contribution in [1.82, 2.24) is 9.80 Å². The van der Waals surface area contributed by atoms with Crippen molar-refractivity contribution in [1.29, 1.82) is 0 Å². The second-order valence-corrected chi connectivity index (χ2v) is 7.03. The average Bonchev–Trinajstić information content (AvgIpc) is 2.43. The van der Waals surface area contributed by atoms with Crippen LogP contribution in [0.15, 0.2) is 18.2 Å². The Hall–Kier alpha value is -0.680. The molecule has 0 spiro atoms. The average molecular weight is 314 g/mol. The van der Waals surface area contributed by atoms with E-state index < -0.39 is 0 Å². The monoisotopic (exact) mass is 313 g/mol. The lowest BCUT2D eigenvalue weighted by molar-refractivity contribution is 0.0433. The molecule has 21 heavy (non-hydrogen) atoms. The van der Waals surface area contributed by atoms with Crippen LogP contribution in [0, 0.1) is 5.82 Å². The lowest BCUT2D eigenvalue weighted by Gasteiger charge is -2.44. The molecule has 1 fully saturated rings. The van der Waals surface area contributed by atoms with Crippen LogP contribution < -0.4 is 5.73 Å². The van der Waals surface area contributed by atoms with Gasteiger partial charge in [-0.25, -0.2) is 4.39 Å². The van der Waals surface area contributed by atoms with Crippen LogP contribution in [0.3, 0.4) is 0 Å². The number of hydrogen-bond donors (Lipinski definition) is 1. The topological polar surface area (TPSA) is 32.5 Å². The number of nitrogens with zero attached hydrogens (tertiary/aromatic N) is 2.